The Bertz CT molecular complexity index is 639. The Kier molecular flexibility index (Phi) is 9.08. The van der Waals surface area contributed by atoms with Crippen LogP contribution in [-0.4, -0.2) is 24.6 Å². The molecule has 0 unspecified atom stereocenters. The smallest absolute Gasteiger partial charge is 0.416 e. The van der Waals surface area contributed by atoms with E-state index < -0.39 is 17.3 Å². The number of halogens is 4. The van der Waals surface area contributed by atoms with Crippen molar-refractivity contribution in [1.29, 1.82) is 0 Å². The first-order chi connectivity index (χ1) is 12.5. The zero-order chi connectivity index (χ0) is 20.1. The number of carbonyl (C=O) groups excluding carboxylic acids is 1. The van der Waals surface area contributed by atoms with Crippen molar-refractivity contribution in [3.63, 3.8) is 0 Å². The summed E-state index contributed by atoms with van der Waals surface area (Å²) in [4.78, 5) is 12.0. The molecule has 1 fully saturated rings. The summed E-state index contributed by atoms with van der Waals surface area (Å²) < 4.78 is 45.7. The molecule has 0 aromatic heterocycles. The molecule has 0 aliphatic carbocycles. The molecule has 1 aromatic rings. The normalized spacial score (nSPS) is 15.6. The monoisotopic (exact) mass is 422 g/mol. The van der Waals surface area contributed by atoms with Crippen LogP contribution in [0.25, 0.3) is 0 Å². The van der Waals surface area contributed by atoms with Crippen LogP contribution >= 0.6 is 12.4 Å². The number of ether oxygens (including phenoxy) is 1. The summed E-state index contributed by atoms with van der Waals surface area (Å²) in [6, 6.07) is 3.88. The van der Waals surface area contributed by atoms with Gasteiger partial charge in [0.15, 0.2) is 0 Å². The zero-order valence-corrected chi connectivity index (χ0v) is 17.4. The first-order valence-electron chi connectivity index (χ1n) is 9.41. The fourth-order valence-electron chi connectivity index (χ4n) is 3.18. The Morgan fingerprint density at radius 2 is 1.86 bits per heavy atom. The number of hydrogen-bond donors (Lipinski definition) is 2. The van der Waals surface area contributed by atoms with Crippen molar-refractivity contribution >= 4 is 18.3 Å². The van der Waals surface area contributed by atoms with E-state index >= 15 is 0 Å². The highest BCUT2D eigenvalue weighted by Crippen LogP contribution is 2.35. The van der Waals surface area contributed by atoms with E-state index in [0.717, 1.165) is 38.4 Å². The highest BCUT2D eigenvalue weighted by molar-refractivity contribution is 5.85. The third-order valence-electron chi connectivity index (χ3n) is 4.53. The fourth-order valence-corrected chi connectivity index (χ4v) is 3.18. The molecule has 2 N–H and O–H groups in total. The van der Waals surface area contributed by atoms with E-state index in [1.54, 1.807) is 20.8 Å². The minimum atomic E-state index is -4.51. The molecule has 1 amide bonds. The minimum Gasteiger partial charge on any atom is -0.488 e. The number of amides is 1. The van der Waals surface area contributed by atoms with Gasteiger partial charge in [-0.25, -0.2) is 0 Å². The van der Waals surface area contributed by atoms with Gasteiger partial charge >= 0.3 is 6.18 Å². The molecule has 1 saturated heterocycles. The van der Waals surface area contributed by atoms with Crippen molar-refractivity contribution in [1.82, 2.24) is 10.6 Å². The van der Waals surface area contributed by atoms with Gasteiger partial charge in [0.2, 0.25) is 5.91 Å². The maximum absolute atomic E-state index is 13.4. The van der Waals surface area contributed by atoms with Crippen molar-refractivity contribution in [2.75, 3.05) is 13.1 Å². The van der Waals surface area contributed by atoms with Crippen LogP contribution in [0.3, 0.4) is 0 Å². The lowest BCUT2D eigenvalue weighted by atomic mass is 9.93. The molecule has 0 spiro atoms. The quantitative estimate of drug-likeness (QED) is 0.698. The number of rotatable bonds is 6. The molecule has 0 bridgehead atoms. The van der Waals surface area contributed by atoms with Crippen molar-refractivity contribution < 1.29 is 22.7 Å². The molecule has 0 radical (unpaired) electrons. The average Bonchev–Trinajstić information content (AvgIpc) is 2.57. The number of hydrogen-bond acceptors (Lipinski definition) is 3. The maximum atomic E-state index is 13.4. The molecule has 160 valence electrons. The van der Waals surface area contributed by atoms with Gasteiger partial charge < -0.3 is 15.4 Å². The molecule has 1 aromatic carbocycles. The molecular weight excluding hydrogens is 393 g/mol. The Morgan fingerprint density at radius 1 is 1.21 bits per heavy atom. The fraction of sp³-hybridized carbons (Fsp3) is 0.650. The van der Waals surface area contributed by atoms with E-state index in [9.17, 15) is 18.0 Å². The van der Waals surface area contributed by atoms with Crippen LogP contribution in [0.4, 0.5) is 13.2 Å². The maximum Gasteiger partial charge on any atom is 0.416 e. The number of carbonyl (C=O) groups is 1. The van der Waals surface area contributed by atoms with Gasteiger partial charge in [0.05, 0.1) is 5.56 Å². The van der Waals surface area contributed by atoms with E-state index in [0.29, 0.717) is 12.3 Å². The number of alkyl halides is 3. The number of piperidine rings is 1. The lowest BCUT2D eigenvalue weighted by Crippen LogP contribution is -2.29. The van der Waals surface area contributed by atoms with Gasteiger partial charge in [0.25, 0.3) is 0 Å². The van der Waals surface area contributed by atoms with E-state index in [2.05, 4.69) is 10.6 Å². The Hall–Kier alpha value is -1.47. The number of benzene rings is 1. The summed E-state index contributed by atoms with van der Waals surface area (Å²) in [5, 5.41) is 5.89. The van der Waals surface area contributed by atoms with Crippen LogP contribution in [0.15, 0.2) is 18.2 Å². The summed E-state index contributed by atoms with van der Waals surface area (Å²) in [5.74, 6) is 0.462. The summed E-state index contributed by atoms with van der Waals surface area (Å²) >= 11 is 0. The standard InChI is InChI=1S/C20H29F3N2O2.ClH/c1-19(2,3)27-16-6-5-15(17(12-16)20(21,22)23)13-25-18(26)7-4-14-8-10-24-11-9-14;/h5-6,12,14,24H,4,7-11,13H2,1-3H3,(H,25,26);1H. The van der Waals surface area contributed by atoms with Gasteiger partial charge in [0, 0.05) is 13.0 Å². The van der Waals surface area contributed by atoms with Gasteiger partial charge in [-0.3, -0.25) is 4.79 Å². The van der Waals surface area contributed by atoms with Crippen LogP contribution in [0.1, 0.15) is 57.6 Å². The van der Waals surface area contributed by atoms with Crippen LogP contribution in [0.2, 0.25) is 0 Å². The molecule has 0 atom stereocenters. The zero-order valence-electron chi connectivity index (χ0n) is 16.6. The van der Waals surface area contributed by atoms with Crippen molar-refractivity contribution in [3.8, 4) is 5.75 Å². The largest absolute Gasteiger partial charge is 0.488 e. The molecule has 8 heteroatoms. The highest BCUT2D eigenvalue weighted by atomic mass is 35.5. The Morgan fingerprint density at radius 3 is 2.43 bits per heavy atom. The van der Waals surface area contributed by atoms with Gasteiger partial charge in [-0.1, -0.05) is 6.07 Å². The molecular formula is C20H30ClF3N2O2. The summed E-state index contributed by atoms with van der Waals surface area (Å²) in [5.41, 5.74) is -1.32. The lowest BCUT2D eigenvalue weighted by molar-refractivity contribution is -0.138. The summed E-state index contributed by atoms with van der Waals surface area (Å²) in [6.45, 7) is 7.11. The Balaban J connectivity index is 0.00000392. The van der Waals surface area contributed by atoms with Crippen molar-refractivity contribution in [3.05, 3.63) is 29.3 Å². The molecule has 1 heterocycles. The first kappa shape index (κ1) is 24.6. The van der Waals surface area contributed by atoms with Crippen LogP contribution in [0, 0.1) is 5.92 Å². The molecule has 1 aliphatic rings. The predicted octanol–water partition coefficient (Wildman–Crippen LogP) is 4.70. The number of nitrogens with one attached hydrogen (secondary N) is 2. The van der Waals surface area contributed by atoms with Gasteiger partial charge in [0.1, 0.15) is 11.4 Å². The highest BCUT2D eigenvalue weighted by Gasteiger charge is 2.34. The van der Waals surface area contributed by atoms with Crippen molar-refractivity contribution in [2.24, 2.45) is 5.92 Å². The first-order valence-corrected chi connectivity index (χ1v) is 9.41. The summed E-state index contributed by atoms with van der Waals surface area (Å²) in [7, 11) is 0. The van der Waals surface area contributed by atoms with Crippen molar-refractivity contribution in [2.45, 2.75) is 64.8 Å². The molecule has 4 nitrogen and oxygen atoms in total. The second-order valence-corrected chi connectivity index (χ2v) is 8.04. The SMILES string of the molecule is CC(C)(C)Oc1ccc(CNC(=O)CCC2CCNCC2)c(C(F)(F)F)c1.Cl. The molecule has 0 saturated carbocycles. The second-order valence-electron chi connectivity index (χ2n) is 8.04. The van der Waals surface area contributed by atoms with E-state index in [1.165, 1.54) is 12.1 Å². The molecule has 1 aliphatic heterocycles. The average molecular weight is 423 g/mol. The minimum absolute atomic E-state index is 0. The van der Waals surface area contributed by atoms with E-state index in [4.69, 9.17) is 4.74 Å². The van der Waals surface area contributed by atoms with Crippen LogP contribution in [0.5, 0.6) is 5.75 Å². The predicted molar refractivity (Wildman–Crippen MR) is 106 cm³/mol. The van der Waals surface area contributed by atoms with Gasteiger partial charge in [-0.2, -0.15) is 13.2 Å². The van der Waals surface area contributed by atoms with E-state index in [1.807, 2.05) is 0 Å². The second kappa shape index (κ2) is 10.3. The molecule has 28 heavy (non-hydrogen) atoms. The van der Waals surface area contributed by atoms with Gasteiger partial charge in [-0.05, 0) is 76.7 Å². The topological polar surface area (TPSA) is 50.4 Å². The van der Waals surface area contributed by atoms with Gasteiger partial charge in [-0.15, -0.1) is 12.4 Å². The lowest BCUT2D eigenvalue weighted by Gasteiger charge is -2.23. The van der Waals surface area contributed by atoms with Crippen LogP contribution < -0.4 is 15.4 Å². The Labute approximate surface area is 171 Å². The molecule has 2 rings (SSSR count). The van der Waals surface area contributed by atoms with E-state index in [-0.39, 0.29) is 36.2 Å². The third kappa shape index (κ3) is 8.27. The third-order valence-corrected chi connectivity index (χ3v) is 4.53. The summed E-state index contributed by atoms with van der Waals surface area (Å²) in [6.07, 6.45) is -1.30. The van der Waals surface area contributed by atoms with Crippen LogP contribution in [-0.2, 0) is 17.5 Å².